The summed E-state index contributed by atoms with van der Waals surface area (Å²) in [5, 5.41) is 10.3. The van der Waals surface area contributed by atoms with Crippen LogP contribution >= 0.6 is 0 Å². The van der Waals surface area contributed by atoms with Crippen molar-refractivity contribution in [1.82, 2.24) is 9.80 Å². The van der Waals surface area contributed by atoms with Gasteiger partial charge in [-0.05, 0) is 43.5 Å². The molecule has 0 radical (unpaired) electrons. The minimum absolute atomic E-state index is 0.334. The third kappa shape index (κ3) is 2.45. The lowest BCUT2D eigenvalue weighted by molar-refractivity contribution is -0.0370. The number of likely N-dealkylation sites (N-methyl/N-ethyl adjacent to an activating group) is 1. The fourth-order valence-electron chi connectivity index (χ4n) is 4.09. The number of fused-ring (bicyclic) bond motifs is 2. The molecule has 1 N–H and O–H groups in total. The predicted molar refractivity (Wildman–Crippen MR) is 81.6 cm³/mol. The number of ether oxygens (including phenoxy) is 1. The molecular weight excluding hydrogens is 264 g/mol. The van der Waals surface area contributed by atoms with E-state index < -0.39 is 0 Å². The molecule has 4 nitrogen and oxygen atoms in total. The zero-order valence-corrected chi connectivity index (χ0v) is 12.7. The van der Waals surface area contributed by atoms with Gasteiger partial charge >= 0.3 is 0 Å². The second-order valence-corrected chi connectivity index (χ2v) is 6.75. The second-order valence-electron chi connectivity index (χ2n) is 6.75. The summed E-state index contributed by atoms with van der Waals surface area (Å²) in [7, 11) is 2.19. The molecule has 3 aliphatic rings. The number of phenolic OH excluding ortho intramolecular Hbond substituents is 1. The van der Waals surface area contributed by atoms with Gasteiger partial charge in [-0.1, -0.05) is 6.07 Å². The summed E-state index contributed by atoms with van der Waals surface area (Å²) in [5.41, 5.74) is 3.86. The van der Waals surface area contributed by atoms with Crippen LogP contribution < -0.4 is 0 Å². The molecule has 0 unspecified atom stereocenters. The second kappa shape index (κ2) is 5.27. The largest absolute Gasteiger partial charge is 0.508 e. The van der Waals surface area contributed by atoms with Crippen LogP contribution in [0.5, 0.6) is 5.75 Å². The first kappa shape index (κ1) is 13.6. The van der Waals surface area contributed by atoms with Crippen LogP contribution in [0.25, 0.3) is 0 Å². The van der Waals surface area contributed by atoms with Gasteiger partial charge in [0.15, 0.2) is 0 Å². The minimum atomic E-state index is 0.334. The van der Waals surface area contributed by atoms with Crippen LogP contribution in [0.3, 0.4) is 0 Å². The number of nitrogens with zero attached hydrogens (tertiary/aromatic N) is 2. The normalized spacial score (nSPS) is 29.6. The van der Waals surface area contributed by atoms with Crippen molar-refractivity contribution in [1.29, 1.82) is 0 Å². The van der Waals surface area contributed by atoms with E-state index in [9.17, 15) is 5.11 Å². The molecule has 0 amide bonds. The van der Waals surface area contributed by atoms with Gasteiger partial charge in [0.2, 0.25) is 0 Å². The highest BCUT2D eigenvalue weighted by molar-refractivity contribution is 5.44. The fourth-order valence-corrected chi connectivity index (χ4v) is 4.09. The maximum absolute atomic E-state index is 10.3. The number of phenols is 1. The smallest absolute Gasteiger partial charge is 0.120 e. The van der Waals surface area contributed by atoms with Gasteiger partial charge in [-0.25, -0.2) is 0 Å². The van der Waals surface area contributed by atoms with Crippen molar-refractivity contribution in [2.45, 2.75) is 38.0 Å². The van der Waals surface area contributed by atoms with Crippen molar-refractivity contribution in [2.24, 2.45) is 0 Å². The maximum atomic E-state index is 10.3. The van der Waals surface area contributed by atoms with E-state index in [1.165, 1.54) is 24.0 Å². The van der Waals surface area contributed by atoms with Gasteiger partial charge in [0.1, 0.15) is 5.75 Å². The molecule has 0 bridgehead atoms. The zero-order valence-electron chi connectivity index (χ0n) is 12.7. The third-order valence-corrected chi connectivity index (χ3v) is 5.34. The summed E-state index contributed by atoms with van der Waals surface area (Å²) >= 11 is 0. The molecule has 2 aliphatic heterocycles. The Morgan fingerprint density at radius 3 is 2.86 bits per heavy atom. The van der Waals surface area contributed by atoms with Gasteiger partial charge in [-0.2, -0.15) is 0 Å². The Kier molecular flexibility index (Phi) is 3.40. The molecule has 2 atom stereocenters. The van der Waals surface area contributed by atoms with Gasteiger partial charge < -0.3 is 9.84 Å². The van der Waals surface area contributed by atoms with Crippen LogP contribution in [-0.4, -0.2) is 60.3 Å². The molecule has 0 saturated carbocycles. The summed E-state index contributed by atoms with van der Waals surface area (Å²) in [5.74, 6) is 0.472. The van der Waals surface area contributed by atoms with E-state index in [1.54, 1.807) is 0 Å². The standard InChI is InChI=1S/C17H24N2O2/c1-18-5-6-21-17-11-19(10-15(17)18)9-14-7-12-3-2-4-13(12)8-16(14)20/h7-8,15,17,20H,2-6,9-11H2,1H3/t15-,17+/m0/s1. The van der Waals surface area contributed by atoms with E-state index in [2.05, 4.69) is 22.9 Å². The number of hydrogen-bond donors (Lipinski definition) is 1. The lowest BCUT2D eigenvalue weighted by Crippen LogP contribution is -2.48. The number of hydrogen-bond acceptors (Lipinski definition) is 4. The van der Waals surface area contributed by atoms with E-state index in [0.717, 1.165) is 44.8 Å². The molecule has 1 aromatic carbocycles. The van der Waals surface area contributed by atoms with Crippen LogP contribution in [-0.2, 0) is 24.1 Å². The number of aromatic hydroxyl groups is 1. The average molecular weight is 288 g/mol. The summed E-state index contributed by atoms with van der Waals surface area (Å²) in [6.45, 7) is 4.72. The highest BCUT2D eigenvalue weighted by Gasteiger charge is 2.38. The molecule has 1 aromatic rings. The van der Waals surface area contributed by atoms with Crippen molar-refractivity contribution in [3.8, 4) is 5.75 Å². The van der Waals surface area contributed by atoms with Crippen LogP contribution in [0.1, 0.15) is 23.1 Å². The summed E-state index contributed by atoms with van der Waals surface area (Å²) in [6, 6.07) is 4.73. The molecule has 4 rings (SSSR count). The van der Waals surface area contributed by atoms with Gasteiger partial charge in [0.25, 0.3) is 0 Å². The zero-order chi connectivity index (χ0) is 14.4. The molecule has 2 fully saturated rings. The first-order valence-corrected chi connectivity index (χ1v) is 8.08. The molecule has 0 aromatic heterocycles. The molecule has 4 heteroatoms. The summed E-state index contributed by atoms with van der Waals surface area (Å²) in [4.78, 5) is 4.84. The highest BCUT2D eigenvalue weighted by atomic mass is 16.5. The van der Waals surface area contributed by atoms with Crippen molar-refractivity contribution >= 4 is 0 Å². The van der Waals surface area contributed by atoms with Gasteiger partial charge in [-0.3, -0.25) is 9.80 Å². The maximum Gasteiger partial charge on any atom is 0.120 e. The summed E-state index contributed by atoms with van der Waals surface area (Å²) in [6.07, 6.45) is 3.85. The van der Waals surface area contributed by atoms with Crippen LogP contribution in [0, 0.1) is 0 Å². The Bertz CT molecular complexity index is 546. The van der Waals surface area contributed by atoms with E-state index in [4.69, 9.17) is 4.74 Å². The topological polar surface area (TPSA) is 35.9 Å². The Hall–Kier alpha value is -1.10. The lowest BCUT2D eigenvalue weighted by atomic mass is 10.0. The van der Waals surface area contributed by atoms with Crippen molar-refractivity contribution in [3.63, 3.8) is 0 Å². The van der Waals surface area contributed by atoms with Crippen LogP contribution in [0.15, 0.2) is 12.1 Å². The number of morpholine rings is 1. The van der Waals surface area contributed by atoms with Gasteiger partial charge in [0.05, 0.1) is 12.7 Å². The quantitative estimate of drug-likeness (QED) is 0.892. The Labute approximate surface area is 126 Å². The molecule has 0 spiro atoms. The lowest BCUT2D eigenvalue weighted by Gasteiger charge is -2.33. The number of aryl methyl sites for hydroxylation is 2. The Morgan fingerprint density at radius 1 is 1.24 bits per heavy atom. The molecule has 1 aliphatic carbocycles. The molecular formula is C17H24N2O2. The molecule has 114 valence electrons. The minimum Gasteiger partial charge on any atom is -0.508 e. The number of likely N-dealkylation sites (tertiary alicyclic amines) is 1. The van der Waals surface area contributed by atoms with E-state index in [1.807, 2.05) is 6.07 Å². The molecule has 2 saturated heterocycles. The van der Waals surface area contributed by atoms with Crippen LogP contribution in [0.2, 0.25) is 0 Å². The van der Waals surface area contributed by atoms with Gasteiger partial charge in [-0.15, -0.1) is 0 Å². The Balaban J connectivity index is 1.49. The van der Waals surface area contributed by atoms with E-state index in [0.29, 0.717) is 17.9 Å². The van der Waals surface area contributed by atoms with Crippen molar-refractivity contribution in [3.05, 3.63) is 28.8 Å². The van der Waals surface area contributed by atoms with Crippen molar-refractivity contribution < 1.29 is 9.84 Å². The first-order valence-electron chi connectivity index (χ1n) is 8.08. The number of rotatable bonds is 2. The van der Waals surface area contributed by atoms with Crippen LogP contribution in [0.4, 0.5) is 0 Å². The monoisotopic (exact) mass is 288 g/mol. The SMILES string of the molecule is CN1CCO[C@@H]2CN(Cc3cc4c(cc3O)CCC4)C[C@@H]21. The van der Waals surface area contributed by atoms with Gasteiger partial charge in [0, 0.05) is 37.8 Å². The van der Waals surface area contributed by atoms with E-state index in [-0.39, 0.29) is 0 Å². The first-order chi connectivity index (χ1) is 10.2. The highest BCUT2D eigenvalue weighted by Crippen LogP contribution is 2.31. The Morgan fingerprint density at radius 2 is 2.05 bits per heavy atom. The molecule has 2 heterocycles. The predicted octanol–water partition coefficient (Wildman–Crippen LogP) is 1.40. The third-order valence-electron chi connectivity index (χ3n) is 5.34. The van der Waals surface area contributed by atoms with E-state index >= 15 is 0 Å². The fraction of sp³-hybridized carbons (Fsp3) is 0.647. The average Bonchev–Trinajstić information content (AvgIpc) is 3.06. The summed E-state index contributed by atoms with van der Waals surface area (Å²) < 4.78 is 5.90. The number of benzene rings is 1. The molecule has 21 heavy (non-hydrogen) atoms. The van der Waals surface area contributed by atoms with Crippen molar-refractivity contribution in [2.75, 3.05) is 33.3 Å².